The number of rotatable bonds is 10. The number of benzene rings is 1. The third-order valence-electron chi connectivity index (χ3n) is 5.50. The Morgan fingerprint density at radius 2 is 2.00 bits per heavy atom. The fourth-order valence-electron chi connectivity index (χ4n) is 3.75. The van der Waals surface area contributed by atoms with Gasteiger partial charge >= 0.3 is 0 Å². The Bertz CT molecular complexity index is 1170. The van der Waals surface area contributed by atoms with Crippen molar-refractivity contribution in [1.29, 1.82) is 0 Å². The minimum Gasteiger partial charge on any atom is -0.475 e. The molecule has 4 rings (SSSR count). The highest BCUT2D eigenvalue weighted by Gasteiger charge is 2.22. The first kappa shape index (κ1) is 24.1. The Balaban J connectivity index is 1.56. The second-order valence-corrected chi connectivity index (χ2v) is 7.97. The summed E-state index contributed by atoms with van der Waals surface area (Å²) >= 11 is 0. The molecule has 2 amide bonds. The van der Waals surface area contributed by atoms with Gasteiger partial charge in [0.1, 0.15) is 29.4 Å². The van der Waals surface area contributed by atoms with Gasteiger partial charge in [-0.05, 0) is 44.5 Å². The third kappa shape index (κ3) is 5.75. The lowest BCUT2D eigenvalue weighted by Gasteiger charge is -2.16. The number of methoxy groups -OCH3 is 1. The largest absolute Gasteiger partial charge is 0.475 e. The van der Waals surface area contributed by atoms with E-state index in [9.17, 15) is 9.59 Å². The number of hydrogen-bond donors (Lipinski definition) is 1. The minimum absolute atomic E-state index is 0.125. The molecule has 1 saturated heterocycles. The molecule has 3 aromatic rings. The Labute approximate surface area is 202 Å². The Morgan fingerprint density at radius 1 is 1.20 bits per heavy atom. The van der Waals surface area contributed by atoms with Crippen molar-refractivity contribution in [2.45, 2.75) is 26.7 Å². The molecule has 0 aliphatic carbocycles. The molecule has 1 aromatic carbocycles. The van der Waals surface area contributed by atoms with E-state index in [0.717, 1.165) is 13.0 Å². The second-order valence-electron chi connectivity index (χ2n) is 7.97. The molecule has 11 nitrogen and oxygen atoms in total. The predicted octanol–water partition coefficient (Wildman–Crippen LogP) is 2.98. The zero-order valence-corrected chi connectivity index (χ0v) is 19.9. The molecule has 0 unspecified atom stereocenters. The van der Waals surface area contributed by atoms with E-state index in [2.05, 4.69) is 20.4 Å². The molecule has 0 saturated carbocycles. The third-order valence-corrected chi connectivity index (χ3v) is 5.50. The molecule has 1 aliphatic heterocycles. The number of carbonyl (C=O) groups is 2. The number of ether oxygens (including phenoxy) is 3. The van der Waals surface area contributed by atoms with Crippen molar-refractivity contribution in [3.63, 3.8) is 0 Å². The van der Waals surface area contributed by atoms with Crippen LogP contribution < -0.4 is 14.8 Å². The van der Waals surface area contributed by atoms with Crippen LogP contribution in [0.15, 0.2) is 35.0 Å². The molecule has 184 valence electrons. The van der Waals surface area contributed by atoms with E-state index < -0.39 is 5.91 Å². The fraction of sp³-hybridized carbons (Fsp3) is 0.375. The van der Waals surface area contributed by atoms with Gasteiger partial charge in [-0.25, -0.2) is 4.98 Å². The van der Waals surface area contributed by atoms with Gasteiger partial charge in [-0.15, -0.1) is 0 Å². The van der Waals surface area contributed by atoms with Crippen LogP contribution >= 0.6 is 0 Å². The number of anilines is 1. The van der Waals surface area contributed by atoms with Gasteiger partial charge in [0.25, 0.3) is 5.91 Å². The molecule has 35 heavy (non-hydrogen) atoms. The summed E-state index contributed by atoms with van der Waals surface area (Å²) in [5, 5.41) is 6.66. The average molecular weight is 482 g/mol. The second kappa shape index (κ2) is 11.0. The van der Waals surface area contributed by atoms with Crippen LogP contribution in [0, 0.1) is 13.8 Å². The summed E-state index contributed by atoms with van der Waals surface area (Å²) in [7, 11) is 1.55. The molecule has 2 aromatic heterocycles. The minimum atomic E-state index is -0.420. The number of hydrogen-bond acceptors (Lipinski definition) is 9. The van der Waals surface area contributed by atoms with Gasteiger partial charge in [0, 0.05) is 25.6 Å². The van der Waals surface area contributed by atoms with Crippen molar-refractivity contribution in [3.8, 4) is 22.9 Å². The van der Waals surface area contributed by atoms with E-state index in [4.69, 9.17) is 18.7 Å². The summed E-state index contributed by atoms with van der Waals surface area (Å²) in [5.74, 6) is 1.18. The van der Waals surface area contributed by atoms with Crippen molar-refractivity contribution in [3.05, 3.63) is 47.5 Å². The lowest BCUT2D eigenvalue weighted by atomic mass is 10.1. The van der Waals surface area contributed by atoms with Crippen molar-refractivity contribution in [2.24, 2.45) is 0 Å². The summed E-state index contributed by atoms with van der Waals surface area (Å²) in [6.07, 6.45) is 2.92. The van der Waals surface area contributed by atoms with Crippen molar-refractivity contribution >= 4 is 17.6 Å². The number of aromatic nitrogens is 3. The average Bonchev–Trinajstić information content (AvgIpc) is 3.42. The highest BCUT2D eigenvalue weighted by atomic mass is 16.7. The van der Waals surface area contributed by atoms with E-state index >= 15 is 0 Å². The van der Waals surface area contributed by atoms with Gasteiger partial charge in [-0.3, -0.25) is 9.59 Å². The van der Waals surface area contributed by atoms with E-state index in [0.29, 0.717) is 47.0 Å². The van der Waals surface area contributed by atoms with Crippen LogP contribution in [0.5, 0.6) is 11.6 Å². The van der Waals surface area contributed by atoms with E-state index in [-0.39, 0.29) is 31.0 Å². The monoisotopic (exact) mass is 481 g/mol. The summed E-state index contributed by atoms with van der Waals surface area (Å²) in [5.41, 5.74) is 1.97. The van der Waals surface area contributed by atoms with Crippen LogP contribution in [-0.2, 0) is 9.53 Å². The quantitative estimate of drug-likeness (QED) is 0.434. The Morgan fingerprint density at radius 3 is 2.66 bits per heavy atom. The lowest BCUT2D eigenvalue weighted by molar-refractivity contribution is -0.128. The van der Waals surface area contributed by atoms with Gasteiger partial charge in [-0.1, -0.05) is 5.16 Å². The van der Waals surface area contributed by atoms with Crippen LogP contribution in [0.3, 0.4) is 0 Å². The molecule has 3 heterocycles. The Kier molecular flexibility index (Phi) is 7.56. The molecule has 1 aliphatic rings. The number of nitrogens with one attached hydrogen (secondary N) is 1. The van der Waals surface area contributed by atoms with Crippen LogP contribution in [0.1, 0.15) is 34.7 Å². The van der Waals surface area contributed by atoms with Crippen molar-refractivity contribution in [1.82, 2.24) is 20.0 Å². The van der Waals surface area contributed by atoms with E-state index in [1.165, 1.54) is 6.20 Å². The number of carbonyl (C=O) groups excluding carboxylic acids is 2. The summed E-state index contributed by atoms with van der Waals surface area (Å²) in [6.45, 7) is 4.95. The van der Waals surface area contributed by atoms with Crippen LogP contribution in [0.25, 0.3) is 11.3 Å². The van der Waals surface area contributed by atoms with Crippen LogP contribution in [0.2, 0.25) is 0 Å². The standard InChI is InChI=1S/C24H27N5O6/c1-15-21(16(2)35-28-15)24(31)27-23-22(17-6-8-18(9-7-17)34-14-32-3)25-13-19(26-23)33-12-11-29-10-4-5-20(29)30/h6-9,13H,4-5,10-12,14H2,1-3H3,(H,26,27,31). The van der Waals surface area contributed by atoms with E-state index in [1.54, 1.807) is 50.1 Å². The van der Waals surface area contributed by atoms with Gasteiger partial charge < -0.3 is 29.0 Å². The summed E-state index contributed by atoms with van der Waals surface area (Å²) < 4.78 is 21.2. The first-order chi connectivity index (χ1) is 17.0. The van der Waals surface area contributed by atoms with Crippen LogP contribution in [0.4, 0.5) is 5.82 Å². The van der Waals surface area contributed by atoms with Crippen LogP contribution in [-0.4, -0.2) is 65.4 Å². The molecule has 1 fully saturated rings. The summed E-state index contributed by atoms with van der Waals surface area (Å²) in [4.78, 5) is 35.6. The van der Waals surface area contributed by atoms with Gasteiger partial charge in [0.05, 0.1) is 18.4 Å². The highest BCUT2D eigenvalue weighted by Crippen LogP contribution is 2.29. The molecule has 0 radical (unpaired) electrons. The van der Waals surface area contributed by atoms with E-state index in [1.807, 2.05) is 0 Å². The normalized spacial score (nSPS) is 13.2. The topological polar surface area (TPSA) is 129 Å². The maximum Gasteiger partial charge on any atom is 0.262 e. The van der Waals surface area contributed by atoms with Gasteiger partial charge in [0.2, 0.25) is 11.8 Å². The molecule has 11 heteroatoms. The first-order valence-electron chi connectivity index (χ1n) is 11.2. The van der Waals surface area contributed by atoms with Gasteiger partial charge in [0.15, 0.2) is 12.6 Å². The zero-order valence-electron chi connectivity index (χ0n) is 19.9. The SMILES string of the molecule is COCOc1ccc(-c2ncc(OCCN3CCCC3=O)nc2NC(=O)c2c(C)noc2C)cc1. The molecular formula is C24H27N5O6. The van der Waals surface area contributed by atoms with Crippen molar-refractivity contribution < 1.29 is 28.3 Å². The summed E-state index contributed by atoms with van der Waals surface area (Å²) in [6, 6.07) is 7.15. The number of nitrogens with zero attached hydrogens (tertiary/aromatic N) is 4. The van der Waals surface area contributed by atoms with Gasteiger partial charge in [-0.2, -0.15) is 4.98 Å². The van der Waals surface area contributed by atoms with Crippen molar-refractivity contribution in [2.75, 3.05) is 38.9 Å². The molecule has 0 spiro atoms. The number of aryl methyl sites for hydroxylation is 2. The number of likely N-dealkylation sites (tertiary alicyclic amines) is 1. The molecule has 0 atom stereocenters. The molecule has 1 N–H and O–H groups in total. The highest BCUT2D eigenvalue weighted by molar-refractivity contribution is 6.06. The Hall–Kier alpha value is -3.99. The maximum atomic E-state index is 13.0. The molecular weight excluding hydrogens is 454 g/mol. The maximum absolute atomic E-state index is 13.0. The first-order valence-corrected chi connectivity index (χ1v) is 11.2. The zero-order chi connectivity index (χ0) is 24.8. The number of amides is 2. The lowest BCUT2D eigenvalue weighted by Crippen LogP contribution is -2.29. The predicted molar refractivity (Wildman–Crippen MR) is 125 cm³/mol. The smallest absolute Gasteiger partial charge is 0.262 e. The fourth-order valence-corrected chi connectivity index (χ4v) is 3.75. The molecule has 0 bridgehead atoms.